The van der Waals surface area contributed by atoms with Gasteiger partial charge in [-0.3, -0.25) is 4.79 Å². The molecule has 1 aliphatic heterocycles. The van der Waals surface area contributed by atoms with E-state index in [-0.39, 0.29) is 5.91 Å². The highest BCUT2D eigenvalue weighted by atomic mass is 16.2. The summed E-state index contributed by atoms with van der Waals surface area (Å²) in [7, 11) is 0. The Balaban J connectivity index is 1.47. The van der Waals surface area contributed by atoms with E-state index >= 15 is 0 Å². The van der Waals surface area contributed by atoms with E-state index in [9.17, 15) is 4.79 Å². The fourth-order valence-electron chi connectivity index (χ4n) is 3.64. The van der Waals surface area contributed by atoms with Crippen LogP contribution in [0.3, 0.4) is 0 Å². The van der Waals surface area contributed by atoms with Crippen LogP contribution in [0.25, 0.3) is 0 Å². The molecule has 4 rings (SSSR count). The molecule has 2 aromatic heterocycles. The summed E-state index contributed by atoms with van der Waals surface area (Å²) < 4.78 is 0. The number of carbonyl (C=O) groups excluding carboxylic acids is 1. The van der Waals surface area contributed by atoms with Gasteiger partial charge in [-0.15, -0.1) is 0 Å². The molecule has 3 heterocycles. The third-order valence-corrected chi connectivity index (χ3v) is 5.20. The van der Waals surface area contributed by atoms with E-state index in [4.69, 9.17) is 0 Å². The minimum atomic E-state index is -0.00512. The molecule has 1 aromatic carbocycles. The molecule has 0 saturated carbocycles. The first kappa shape index (κ1) is 18.9. The maximum absolute atomic E-state index is 13.1. The van der Waals surface area contributed by atoms with E-state index < -0.39 is 0 Å². The van der Waals surface area contributed by atoms with Gasteiger partial charge in [-0.25, -0.2) is 9.97 Å². The largest absolute Gasteiger partial charge is 0.353 e. The van der Waals surface area contributed by atoms with Gasteiger partial charge in [-0.1, -0.05) is 24.3 Å². The second kappa shape index (κ2) is 8.73. The second-order valence-electron chi connectivity index (χ2n) is 6.95. The van der Waals surface area contributed by atoms with Crippen molar-refractivity contribution in [3.05, 3.63) is 78.6 Å². The molecule has 1 aliphatic rings. The highest BCUT2D eigenvalue weighted by molar-refractivity contribution is 6.06. The topological polar surface area (TPSA) is 52.6 Å². The maximum atomic E-state index is 13.1. The van der Waals surface area contributed by atoms with Gasteiger partial charge in [-0.05, 0) is 43.3 Å². The van der Waals surface area contributed by atoms with Crippen molar-refractivity contribution in [1.29, 1.82) is 0 Å². The molecule has 0 bridgehead atoms. The monoisotopic (exact) mass is 387 g/mol. The minimum absolute atomic E-state index is 0.00512. The number of benzene rings is 1. The number of carbonyl (C=O) groups is 1. The van der Waals surface area contributed by atoms with Crippen LogP contribution in [0, 0.1) is 0 Å². The highest BCUT2D eigenvalue weighted by Gasteiger charge is 2.21. The number of pyridine rings is 2. The molecule has 0 spiro atoms. The Kier molecular flexibility index (Phi) is 5.70. The first-order chi connectivity index (χ1) is 14.3. The van der Waals surface area contributed by atoms with Gasteiger partial charge in [0.25, 0.3) is 5.91 Å². The number of aromatic nitrogens is 2. The third-order valence-electron chi connectivity index (χ3n) is 5.20. The zero-order chi connectivity index (χ0) is 20.1. The number of hydrogen-bond donors (Lipinski definition) is 0. The summed E-state index contributed by atoms with van der Waals surface area (Å²) in [6.07, 6.45) is 3.55. The van der Waals surface area contributed by atoms with E-state index in [0.717, 1.165) is 43.5 Å². The van der Waals surface area contributed by atoms with Crippen LogP contribution in [0.2, 0.25) is 0 Å². The summed E-state index contributed by atoms with van der Waals surface area (Å²) in [5, 5.41) is 0. The number of amides is 1. The molecule has 0 unspecified atom stereocenters. The first-order valence-corrected chi connectivity index (χ1v) is 10.00. The number of nitrogens with zero attached hydrogens (tertiary/aromatic N) is 5. The van der Waals surface area contributed by atoms with Crippen molar-refractivity contribution < 1.29 is 4.79 Å². The van der Waals surface area contributed by atoms with Gasteiger partial charge >= 0.3 is 0 Å². The molecule has 1 saturated heterocycles. The number of para-hydroxylation sites is 1. The maximum Gasteiger partial charge on any atom is 0.258 e. The molecule has 6 nitrogen and oxygen atoms in total. The number of hydrogen-bond acceptors (Lipinski definition) is 5. The van der Waals surface area contributed by atoms with Crippen molar-refractivity contribution in [2.75, 3.05) is 47.4 Å². The predicted molar refractivity (Wildman–Crippen MR) is 117 cm³/mol. The zero-order valence-electron chi connectivity index (χ0n) is 16.6. The fourth-order valence-corrected chi connectivity index (χ4v) is 3.64. The van der Waals surface area contributed by atoms with Gasteiger partial charge in [-0.2, -0.15) is 0 Å². The molecule has 0 radical (unpaired) electrons. The van der Waals surface area contributed by atoms with E-state index in [2.05, 4.69) is 19.8 Å². The van der Waals surface area contributed by atoms with Crippen molar-refractivity contribution in [2.24, 2.45) is 0 Å². The van der Waals surface area contributed by atoms with Gasteiger partial charge in [0.1, 0.15) is 11.6 Å². The Morgan fingerprint density at radius 2 is 1.52 bits per heavy atom. The van der Waals surface area contributed by atoms with Gasteiger partial charge in [0.2, 0.25) is 0 Å². The smallest absolute Gasteiger partial charge is 0.258 e. The lowest BCUT2D eigenvalue weighted by Crippen LogP contribution is -2.47. The first-order valence-electron chi connectivity index (χ1n) is 10.00. The van der Waals surface area contributed by atoms with Gasteiger partial charge in [0, 0.05) is 56.4 Å². The van der Waals surface area contributed by atoms with Crippen molar-refractivity contribution in [3.8, 4) is 0 Å². The molecule has 0 N–H and O–H groups in total. The molecule has 6 heteroatoms. The SMILES string of the molecule is CCN(C(=O)c1ccnc(N2CCN(c3ccccn3)CC2)c1)c1ccccc1. The lowest BCUT2D eigenvalue weighted by atomic mass is 10.2. The molecule has 3 aromatic rings. The summed E-state index contributed by atoms with van der Waals surface area (Å²) in [4.78, 5) is 28.4. The fraction of sp³-hybridized carbons (Fsp3) is 0.261. The molecule has 148 valence electrons. The van der Waals surface area contributed by atoms with E-state index in [1.165, 1.54) is 0 Å². The molecule has 0 aliphatic carbocycles. The summed E-state index contributed by atoms with van der Waals surface area (Å²) in [5.74, 6) is 1.85. The Morgan fingerprint density at radius 1 is 0.862 bits per heavy atom. The van der Waals surface area contributed by atoms with Crippen LogP contribution >= 0.6 is 0 Å². The van der Waals surface area contributed by atoms with Crippen molar-refractivity contribution in [3.63, 3.8) is 0 Å². The Hall–Kier alpha value is -3.41. The third kappa shape index (κ3) is 4.21. The Morgan fingerprint density at radius 3 is 2.17 bits per heavy atom. The van der Waals surface area contributed by atoms with Crippen LogP contribution in [0.5, 0.6) is 0 Å². The predicted octanol–water partition coefficient (Wildman–Crippen LogP) is 3.47. The molecule has 29 heavy (non-hydrogen) atoms. The zero-order valence-corrected chi connectivity index (χ0v) is 16.6. The van der Waals surface area contributed by atoms with Gasteiger partial charge in [0.15, 0.2) is 0 Å². The van der Waals surface area contributed by atoms with Gasteiger partial charge < -0.3 is 14.7 Å². The number of rotatable bonds is 5. The van der Waals surface area contributed by atoms with Crippen molar-refractivity contribution in [2.45, 2.75) is 6.92 Å². The van der Waals surface area contributed by atoms with Crippen LogP contribution in [0.1, 0.15) is 17.3 Å². The summed E-state index contributed by atoms with van der Waals surface area (Å²) in [6, 6.07) is 19.5. The second-order valence-corrected chi connectivity index (χ2v) is 6.95. The van der Waals surface area contributed by atoms with Crippen molar-refractivity contribution in [1.82, 2.24) is 9.97 Å². The van der Waals surface area contributed by atoms with Crippen LogP contribution in [0.4, 0.5) is 17.3 Å². The molecule has 1 amide bonds. The summed E-state index contributed by atoms with van der Waals surface area (Å²) >= 11 is 0. The molecular weight excluding hydrogens is 362 g/mol. The Bertz CT molecular complexity index is 940. The minimum Gasteiger partial charge on any atom is -0.353 e. The Labute approximate surface area is 171 Å². The van der Waals surface area contributed by atoms with Crippen molar-refractivity contribution >= 4 is 23.2 Å². The van der Waals surface area contributed by atoms with Crippen LogP contribution in [0.15, 0.2) is 73.1 Å². The quantitative estimate of drug-likeness (QED) is 0.671. The molecule has 0 atom stereocenters. The molecular formula is C23H25N5O. The van der Waals surface area contributed by atoms with Crippen LogP contribution in [-0.2, 0) is 0 Å². The standard InChI is InChI=1S/C23H25N5O/c1-2-28(20-8-4-3-5-9-20)23(29)19-11-13-25-22(18-19)27-16-14-26(15-17-27)21-10-6-7-12-24-21/h3-13,18H,2,14-17H2,1H3. The normalized spacial score (nSPS) is 14.0. The van der Waals surface area contributed by atoms with Crippen LogP contribution in [-0.4, -0.2) is 48.6 Å². The average Bonchev–Trinajstić information content (AvgIpc) is 2.81. The van der Waals surface area contributed by atoms with E-state index in [1.54, 1.807) is 17.2 Å². The highest BCUT2D eigenvalue weighted by Crippen LogP contribution is 2.21. The van der Waals surface area contributed by atoms with Crippen LogP contribution < -0.4 is 14.7 Å². The van der Waals surface area contributed by atoms with E-state index in [1.807, 2.05) is 67.7 Å². The lowest BCUT2D eigenvalue weighted by molar-refractivity contribution is 0.0988. The number of anilines is 3. The van der Waals surface area contributed by atoms with Gasteiger partial charge in [0.05, 0.1) is 0 Å². The summed E-state index contributed by atoms with van der Waals surface area (Å²) in [6.45, 7) is 6.05. The van der Waals surface area contributed by atoms with E-state index in [0.29, 0.717) is 12.1 Å². The lowest BCUT2D eigenvalue weighted by Gasteiger charge is -2.36. The molecule has 1 fully saturated rings. The average molecular weight is 387 g/mol. The number of piperazine rings is 1. The summed E-state index contributed by atoms with van der Waals surface area (Å²) in [5.41, 5.74) is 1.56.